The van der Waals surface area contributed by atoms with Gasteiger partial charge in [0.2, 0.25) is 0 Å². The van der Waals surface area contributed by atoms with Crippen LogP contribution in [0.5, 0.6) is 11.5 Å². The minimum absolute atomic E-state index is 0.142. The first-order chi connectivity index (χ1) is 10.7. The zero-order valence-electron chi connectivity index (χ0n) is 12.7. The average Bonchev–Trinajstić information content (AvgIpc) is 2.57. The molecule has 1 fully saturated rings. The molecule has 1 heterocycles. The van der Waals surface area contributed by atoms with Gasteiger partial charge in [-0.25, -0.2) is 0 Å². The smallest absolute Gasteiger partial charge is 0.190 e. The molecule has 1 aromatic carbocycles. The fourth-order valence-electron chi connectivity index (χ4n) is 3.06. The van der Waals surface area contributed by atoms with E-state index in [1.54, 1.807) is 6.07 Å². The molecule has 1 aliphatic heterocycles. The van der Waals surface area contributed by atoms with Gasteiger partial charge in [-0.1, -0.05) is 0 Å². The van der Waals surface area contributed by atoms with Gasteiger partial charge in [0.1, 0.15) is 11.5 Å². The predicted molar refractivity (Wildman–Crippen MR) is 79.9 cm³/mol. The molecule has 0 saturated carbocycles. The molecule has 0 N–H and O–H groups in total. The summed E-state index contributed by atoms with van der Waals surface area (Å²) in [5, 5.41) is 0. The summed E-state index contributed by atoms with van der Waals surface area (Å²) in [6.45, 7) is 0.681. The van der Waals surface area contributed by atoms with Crippen molar-refractivity contribution in [1.29, 1.82) is 0 Å². The molecule has 116 valence electrons. The molecule has 0 radical (unpaired) electrons. The lowest BCUT2D eigenvalue weighted by molar-refractivity contribution is 0.0134. The van der Waals surface area contributed by atoms with E-state index in [2.05, 4.69) is 0 Å². The molecule has 0 amide bonds. The zero-order chi connectivity index (χ0) is 15.7. The van der Waals surface area contributed by atoms with Crippen LogP contribution in [0.3, 0.4) is 0 Å². The van der Waals surface area contributed by atoms with Crippen LogP contribution in [0.2, 0.25) is 0 Å². The first-order valence-corrected chi connectivity index (χ1v) is 7.34. The van der Waals surface area contributed by atoms with Crippen LogP contribution in [0, 0.1) is 0 Å². The monoisotopic (exact) mass is 302 g/mol. The van der Waals surface area contributed by atoms with Gasteiger partial charge < -0.3 is 14.2 Å². The number of methoxy groups -OCH3 is 2. The Labute approximate surface area is 128 Å². The van der Waals surface area contributed by atoms with Gasteiger partial charge in [0.15, 0.2) is 11.6 Å². The normalized spacial score (nSPS) is 20.7. The SMILES string of the molecule is COc1cc(C2CCCCO2)c(OC)c2c1C(=O)C=CC2=O. The molecule has 1 atom stereocenters. The fourth-order valence-corrected chi connectivity index (χ4v) is 3.06. The second kappa shape index (κ2) is 5.93. The van der Waals surface area contributed by atoms with Crippen LogP contribution < -0.4 is 9.47 Å². The van der Waals surface area contributed by atoms with E-state index in [-0.39, 0.29) is 28.8 Å². The predicted octanol–water partition coefficient (Wildman–Crippen LogP) is 2.88. The topological polar surface area (TPSA) is 61.8 Å². The van der Waals surface area contributed by atoms with Gasteiger partial charge in [0.25, 0.3) is 0 Å². The third-order valence-corrected chi connectivity index (χ3v) is 4.10. The third kappa shape index (κ3) is 2.31. The molecular formula is C17H18O5. The van der Waals surface area contributed by atoms with Gasteiger partial charge in [0.05, 0.1) is 31.5 Å². The van der Waals surface area contributed by atoms with Crippen LogP contribution in [0.25, 0.3) is 0 Å². The lowest BCUT2D eigenvalue weighted by Crippen LogP contribution is -2.19. The van der Waals surface area contributed by atoms with Crippen molar-refractivity contribution in [2.24, 2.45) is 0 Å². The summed E-state index contributed by atoms with van der Waals surface area (Å²) < 4.78 is 16.6. The molecule has 1 saturated heterocycles. The minimum Gasteiger partial charge on any atom is -0.496 e. The van der Waals surface area contributed by atoms with Crippen molar-refractivity contribution < 1.29 is 23.8 Å². The summed E-state index contributed by atoms with van der Waals surface area (Å²) in [4.78, 5) is 24.5. The standard InChI is InChI=1S/C17H18O5/c1-20-14-9-10(13-5-3-4-8-22-13)17(21-2)16-12(19)7-6-11(18)15(14)16/h6-7,9,13H,3-5,8H2,1-2H3. The Bertz CT molecular complexity index is 654. The van der Waals surface area contributed by atoms with Crippen LogP contribution >= 0.6 is 0 Å². The quantitative estimate of drug-likeness (QED) is 0.859. The molecule has 5 nitrogen and oxygen atoms in total. The highest BCUT2D eigenvalue weighted by atomic mass is 16.5. The Hall–Kier alpha value is -2.14. The molecule has 0 aromatic heterocycles. The number of fused-ring (bicyclic) bond motifs is 1. The van der Waals surface area contributed by atoms with E-state index < -0.39 is 0 Å². The van der Waals surface area contributed by atoms with E-state index in [1.165, 1.54) is 26.4 Å². The van der Waals surface area contributed by atoms with E-state index in [1.807, 2.05) is 0 Å². The summed E-state index contributed by atoms with van der Waals surface area (Å²) in [5.74, 6) is 0.316. The lowest BCUT2D eigenvalue weighted by atomic mass is 9.88. The molecule has 1 unspecified atom stereocenters. The zero-order valence-corrected chi connectivity index (χ0v) is 12.7. The van der Waals surface area contributed by atoms with Crippen molar-refractivity contribution in [3.8, 4) is 11.5 Å². The Balaban J connectivity index is 2.22. The molecule has 1 aliphatic carbocycles. The van der Waals surface area contributed by atoms with Crippen molar-refractivity contribution in [3.05, 3.63) is 34.9 Å². The van der Waals surface area contributed by atoms with Gasteiger partial charge in [-0.2, -0.15) is 0 Å². The number of carbonyl (C=O) groups excluding carboxylic acids is 2. The van der Waals surface area contributed by atoms with Gasteiger partial charge >= 0.3 is 0 Å². The third-order valence-electron chi connectivity index (χ3n) is 4.10. The summed E-state index contributed by atoms with van der Waals surface area (Å²) >= 11 is 0. The number of ether oxygens (including phenoxy) is 3. The number of ketones is 2. The summed E-state index contributed by atoms with van der Waals surface area (Å²) in [5.41, 5.74) is 1.32. The fraction of sp³-hybridized carbons (Fsp3) is 0.412. The lowest BCUT2D eigenvalue weighted by Gasteiger charge is -2.27. The van der Waals surface area contributed by atoms with Crippen molar-refractivity contribution in [3.63, 3.8) is 0 Å². The van der Waals surface area contributed by atoms with Gasteiger partial charge in [-0.15, -0.1) is 0 Å². The Morgan fingerprint density at radius 3 is 2.36 bits per heavy atom. The van der Waals surface area contributed by atoms with Crippen LogP contribution in [0.1, 0.15) is 51.6 Å². The molecule has 0 bridgehead atoms. The highest BCUT2D eigenvalue weighted by Crippen LogP contribution is 2.42. The molecule has 22 heavy (non-hydrogen) atoms. The highest BCUT2D eigenvalue weighted by Gasteiger charge is 2.32. The molecular weight excluding hydrogens is 284 g/mol. The first-order valence-electron chi connectivity index (χ1n) is 7.34. The van der Waals surface area contributed by atoms with Gasteiger partial charge in [-0.05, 0) is 37.5 Å². The maximum Gasteiger partial charge on any atom is 0.190 e. The summed E-state index contributed by atoms with van der Waals surface area (Å²) in [6, 6.07) is 1.76. The number of benzene rings is 1. The largest absolute Gasteiger partial charge is 0.496 e. The molecule has 5 heteroatoms. The summed E-state index contributed by atoms with van der Waals surface area (Å²) in [7, 11) is 2.99. The summed E-state index contributed by atoms with van der Waals surface area (Å²) in [6.07, 6.45) is 5.34. The molecule has 2 aliphatic rings. The second-order valence-corrected chi connectivity index (χ2v) is 5.37. The minimum atomic E-state index is -0.249. The van der Waals surface area contributed by atoms with Crippen molar-refractivity contribution >= 4 is 11.6 Å². The Kier molecular flexibility index (Phi) is 3.98. The van der Waals surface area contributed by atoms with E-state index in [0.29, 0.717) is 18.1 Å². The van der Waals surface area contributed by atoms with Crippen LogP contribution in [0.15, 0.2) is 18.2 Å². The van der Waals surface area contributed by atoms with E-state index in [9.17, 15) is 9.59 Å². The Morgan fingerprint density at radius 2 is 1.77 bits per heavy atom. The number of hydrogen-bond acceptors (Lipinski definition) is 5. The molecule has 1 aromatic rings. The number of hydrogen-bond donors (Lipinski definition) is 0. The van der Waals surface area contributed by atoms with Crippen LogP contribution in [-0.4, -0.2) is 32.4 Å². The van der Waals surface area contributed by atoms with Crippen LogP contribution in [-0.2, 0) is 4.74 Å². The molecule has 0 spiro atoms. The van der Waals surface area contributed by atoms with Crippen molar-refractivity contribution in [2.75, 3.05) is 20.8 Å². The van der Waals surface area contributed by atoms with Crippen LogP contribution in [0.4, 0.5) is 0 Å². The average molecular weight is 302 g/mol. The second-order valence-electron chi connectivity index (χ2n) is 5.37. The van der Waals surface area contributed by atoms with Gasteiger partial charge in [-0.3, -0.25) is 9.59 Å². The number of carbonyl (C=O) groups is 2. The van der Waals surface area contributed by atoms with Crippen molar-refractivity contribution in [2.45, 2.75) is 25.4 Å². The van der Waals surface area contributed by atoms with E-state index in [4.69, 9.17) is 14.2 Å². The van der Waals surface area contributed by atoms with E-state index >= 15 is 0 Å². The number of rotatable bonds is 3. The maximum atomic E-state index is 12.3. The number of allylic oxidation sites excluding steroid dienone is 2. The maximum absolute atomic E-state index is 12.3. The van der Waals surface area contributed by atoms with Gasteiger partial charge in [0, 0.05) is 12.2 Å². The highest BCUT2D eigenvalue weighted by molar-refractivity contribution is 6.24. The van der Waals surface area contributed by atoms with E-state index in [0.717, 1.165) is 24.8 Å². The Morgan fingerprint density at radius 1 is 1.05 bits per heavy atom. The first kappa shape index (κ1) is 14.8. The van der Waals surface area contributed by atoms with Crippen molar-refractivity contribution in [1.82, 2.24) is 0 Å². The molecule has 3 rings (SSSR count).